The summed E-state index contributed by atoms with van der Waals surface area (Å²) in [5.74, 6) is 0.480. The van der Waals surface area contributed by atoms with Crippen molar-refractivity contribution >= 4 is 5.91 Å². The Morgan fingerprint density at radius 3 is 2.83 bits per heavy atom. The minimum Gasteiger partial charge on any atom is -0.368 e. The Balaban J connectivity index is 2.58. The Bertz CT molecular complexity index is 170. The molecule has 0 saturated carbocycles. The maximum Gasteiger partial charge on any atom is 0.234 e. The summed E-state index contributed by atoms with van der Waals surface area (Å²) >= 11 is 0. The lowest BCUT2D eigenvalue weighted by molar-refractivity contribution is -0.124. The minimum atomic E-state index is -0.164. The van der Waals surface area contributed by atoms with Crippen molar-refractivity contribution in [1.82, 2.24) is 4.90 Å². The van der Waals surface area contributed by atoms with Gasteiger partial charge in [-0.1, -0.05) is 13.8 Å². The lowest BCUT2D eigenvalue weighted by Gasteiger charge is -2.35. The van der Waals surface area contributed by atoms with Crippen molar-refractivity contribution in [3.05, 3.63) is 0 Å². The van der Waals surface area contributed by atoms with Gasteiger partial charge in [0.2, 0.25) is 5.91 Å². The summed E-state index contributed by atoms with van der Waals surface area (Å²) in [4.78, 5) is 13.2. The van der Waals surface area contributed by atoms with Gasteiger partial charge in [0.15, 0.2) is 0 Å². The first-order chi connectivity index (χ1) is 5.65. The van der Waals surface area contributed by atoms with Crippen LogP contribution in [0.5, 0.6) is 0 Å². The number of carbonyl (C=O) groups excluding carboxylic acids is 1. The molecule has 1 rings (SSSR count). The SMILES string of the molecule is CCN1CCC(C)CC1C(N)=O. The fourth-order valence-corrected chi connectivity index (χ4v) is 1.86. The van der Waals surface area contributed by atoms with E-state index in [1.807, 2.05) is 0 Å². The topological polar surface area (TPSA) is 46.3 Å². The van der Waals surface area contributed by atoms with Gasteiger partial charge in [0.05, 0.1) is 6.04 Å². The molecule has 0 aromatic rings. The van der Waals surface area contributed by atoms with Crippen LogP contribution in [0.25, 0.3) is 0 Å². The molecule has 0 radical (unpaired) electrons. The minimum absolute atomic E-state index is 0.0150. The van der Waals surface area contributed by atoms with Gasteiger partial charge in [-0.15, -0.1) is 0 Å². The van der Waals surface area contributed by atoms with Crippen molar-refractivity contribution < 1.29 is 4.79 Å². The van der Waals surface area contributed by atoms with E-state index in [0.29, 0.717) is 5.92 Å². The molecule has 1 amide bonds. The molecular formula is C9H18N2O. The molecule has 2 atom stereocenters. The first kappa shape index (κ1) is 9.52. The zero-order valence-electron chi connectivity index (χ0n) is 7.92. The van der Waals surface area contributed by atoms with Crippen molar-refractivity contribution in [1.29, 1.82) is 0 Å². The average Bonchev–Trinajstić information content (AvgIpc) is 2.04. The predicted octanol–water partition coefficient (Wildman–Crippen LogP) is 0.592. The normalized spacial score (nSPS) is 31.8. The smallest absolute Gasteiger partial charge is 0.234 e. The first-order valence-corrected chi connectivity index (χ1v) is 4.68. The van der Waals surface area contributed by atoms with Gasteiger partial charge in [0.25, 0.3) is 0 Å². The van der Waals surface area contributed by atoms with E-state index in [1.54, 1.807) is 0 Å². The number of likely N-dealkylation sites (N-methyl/N-ethyl adjacent to an activating group) is 1. The number of hydrogen-bond donors (Lipinski definition) is 1. The molecule has 0 aliphatic carbocycles. The van der Waals surface area contributed by atoms with Gasteiger partial charge in [-0.2, -0.15) is 0 Å². The van der Waals surface area contributed by atoms with E-state index in [-0.39, 0.29) is 11.9 Å². The van der Waals surface area contributed by atoms with E-state index in [2.05, 4.69) is 18.7 Å². The van der Waals surface area contributed by atoms with E-state index < -0.39 is 0 Å². The fraction of sp³-hybridized carbons (Fsp3) is 0.889. The van der Waals surface area contributed by atoms with Gasteiger partial charge in [-0.25, -0.2) is 0 Å². The van der Waals surface area contributed by atoms with Gasteiger partial charge in [-0.3, -0.25) is 9.69 Å². The Morgan fingerprint density at radius 2 is 2.33 bits per heavy atom. The molecule has 12 heavy (non-hydrogen) atoms. The van der Waals surface area contributed by atoms with Crippen molar-refractivity contribution in [2.24, 2.45) is 11.7 Å². The number of carbonyl (C=O) groups is 1. The van der Waals surface area contributed by atoms with Crippen LogP contribution in [0.1, 0.15) is 26.7 Å². The monoisotopic (exact) mass is 170 g/mol. The highest BCUT2D eigenvalue weighted by Gasteiger charge is 2.28. The second kappa shape index (κ2) is 3.90. The number of amides is 1. The van der Waals surface area contributed by atoms with Crippen LogP contribution in [0.2, 0.25) is 0 Å². The predicted molar refractivity (Wildman–Crippen MR) is 48.6 cm³/mol. The van der Waals surface area contributed by atoms with E-state index in [1.165, 1.54) is 6.42 Å². The van der Waals surface area contributed by atoms with Crippen molar-refractivity contribution in [3.63, 3.8) is 0 Å². The summed E-state index contributed by atoms with van der Waals surface area (Å²) in [6.45, 7) is 6.21. The second-order valence-corrected chi connectivity index (χ2v) is 3.68. The highest BCUT2D eigenvalue weighted by Crippen LogP contribution is 2.21. The van der Waals surface area contributed by atoms with Gasteiger partial charge >= 0.3 is 0 Å². The third-order valence-corrected chi connectivity index (χ3v) is 2.71. The third kappa shape index (κ3) is 1.97. The first-order valence-electron chi connectivity index (χ1n) is 4.68. The summed E-state index contributed by atoms with van der Waals surface area (Å²) < 4.78 is 0. The molecule has 0 aromatic carbocycles. The summed E-state index contributed by atoms with van der Waals surface area (Å²) in [5.41, 5.74) is 5.31. The number of nitrogens with zero attached hydrogens (tertiary/aromatic N) is 1. The highest BCUT2D eigenvalue weighted by molar-refractivity contribution is 5.79. The number of nitrogens with two attached hydrogens (primary N) is 1. The number of hydrogen-bond acceptors (Lipinski definition) is 2. The van der Waals surface area contributed by atoms with Crippen LogP contribution in [0, 0.1) is 5.92 Å². The van der Waals surface area contributed by atoms with E-state index in [4.69, 9.17) is 5.73 Å². The number of piperidine rings is 1. The molecule has 1 fully saturated rings. The van der Waals surface area contributed by atoms with Crippen molar-refractivity contribution in [2.75, 3.05) is 13.1 Å². The lowest BCUT2D eigenvalue weighted by atomic mass is 9.92. The Kier molecular flexibility index (Phi) is 3.09. The van der Waals surface area contributed by atoms with Crippen LogP contribution in [0.4, 0.5) is 0 Å². The van der Waals surface area contributed by atoms with Crippen molar-refractivity contribution in [3.8, 4) is 0 Å². The van der Waals surface area contributed by atoms with Crippen LogP contribution in [-0.2, 0) is 4.79 Å². The largest absolute Gasteiger partial charge is 0.368 e. The van der Waals surface area contributed by atoms with Gasteiger partial charge in [0, 0.05) is 0 Å². The maximum absolute atomic E-state index is 11.0. The molecule has 1 saturated heterocycles. The summed E-state index contributed by atoms with van der Waals surface area (Å²) in [5, 5.41) is 0. The molecular weight excluding hydrogens is 152 g/mol. The van der Waals surface area contributed by atoms with Crippen LogP contribution >= 0.6 is 0 Å². The van der Waals surface area contributed by atoms with Crippen molar-refractivity contribution in [2.45, 2.75) is 32.7 Å². The summed E-state index contributed by atoms with van der Waals surface area (Å²) in [6, 6.07) is -0.0150. The zero-order valence-corrected chi connectivity index (χ0v) is 7.92. The summed E-state index contributed by atoms with van der Waals surface area (Å²) in [6.07, 6.45) is 2.13. The molecule has 70 valence electrons. The molecule has 0 aromatic heterocycles. The Labute approximate surface area is 73.9 Å². The van der Waals surface area contributed by atoms with E-state index in [0.717, 1.165) is 19.5 Å². The van der Waals surface area contributed by atoms with E-state index in [9.17, 15) is 4.79 Å². The van der Waals surface area contributed by atoms with Crippen LogP contribution < -0.4 is 5.73 Å². The van der Waals surface area contributed by atoms with Crippen LogP contribution in [0.3, 0.4) is 0 Å². The van der Waals surface area contributed by atoms with Crippen LogP contribution in [-0.4, -0.2) is 29.9 Å². The molecule has 2 N–H and O–H groups in total. The lowest BCUT2D eigenvalue weighted by Crippen LogP contribution is -2.49. The molecule has 0 spiro atoms. The molecule has 1 aliphatic heterocycles. The second-order valence-electron chi connectivity index (χ2n) is 3.68. The Hall–Kier alpha value is -0.570. The summed E-state index contributed by atoms with van der Waals surface area (Å²) in [7, 11) is 0. The quantitative estimate of drug-likeness (QED) is 0.659. The maximum atomic E-state index is 11.0. The number of primary amides is 1. The highest BCUT2D eigenvalue weighted by atomic mass is 16.1. The Morgan fingerprint density at radius 1 is 1.67 bits per heavy atom. The van der Waals surface area contributed by atoms with Gasteiger partial charge < -0.3 is 5.73 Å². The molecule has 1 heterocycles. The standard InChI is InChI=1S/C9H18N2O/c1-3-11-5-4-7(2)6-8(11)9(10)12/h7-8H,3-6H2,1-2H3,(H2,10,12). The molecule has 3 nitrogen and oxygen atoms in total. The van der Waals surface area contributed by atoms with Gasteiger partial charge in [0.1, 0.15) is 0 Å². The molecule has 2 unspecified atom stereocenters. The van der Waals surface area contributed by atoms with Gasteiger partial charge in [-0.05, 0) is 31.8 Å². The fourth-order valence-electron chi connectivity index (χ4n) is 1.86. The average molecular weight is 170 g/mol. The molecule has 1 aliphatic rings. The number of likely N-dealkylation sites (tertiary alicyclic amines) is 1. The van der Waals surface area contributed by atoms with E-state index >= 15 is 0 Å². The zero-order chi connectivity index (χ0) is 9.14. The molecule has 0 bridgehead atoms. The molecule has 3 heteroatoms. The number of rotatable bonds is 2. The third-order valence-electron chi connectivity index (χ3n) is 2.71. The van der Waals surface area contributed by atoms with Crippen LogP contribution in [0.15, 0.2) is 0 Å².